The fourth-order valence-corrected chi connectivity index (χ4v) is 6.85. The summed E-state index contributed by atoms with van der Waals surface area (Å²) in [4.78, 5) is 41.4. The van der Waals surface area contributed by atoms with Crippen molar-refractivity contribution in [2.75, 3.05) is 18.0 Å². The maximum absolute atomic E-state index is 13.1. The second kappa shape index (κ2) is 8.84. The van der Waals surface area contributed by atoms with Gasteiger partial charge < -0.3 is 10.0 Å². The summed E-state index contributed by atoms with van der Waals surface area (Å²) in [7, 11) is 0. The largest absolute Gasteiger partial charge is 0.480 e. The minimum atomic E-state index is -1.14. The quantitative estimate of drug-likeness (QED) is 0.639. The van der Waals surface area contributed by atoms with Crippen LogP contribution in [0.4, 0.5) is 5.69 Å². The number of carboxylic acid groups (broad SMARTS) is 1. The molecule has 1 saturated heterocycles. The number of nitrogens with zero attached hydrogens (tertiary/aromatic N) is 3. The second-order valence-corrected chi connectivity index (χ2v) is 10.3. The van der Waals surface area contributed by atoms with E-state index in [9.17, 15) is 19.5 Å². The number of carbonyl (C=O) groups is 2. The van der Waals surface area contributed by atoms with Crippen molar-refractivity contribution in [3.63, 3.8) is 0 Å². The number of thiocarbonyl (C=S) groups is 1. The first kappa shape index (κ1) is 22.8. The van der Waals surface area contributed by atoms with Gasteiger partial charge in [0, 0.05) is 24.8 Å². The summed E-state index contributed by atoms with van der Waals surface area (Å²) in [5, 5.41) is 9.35. The molecule has 1 fully saturated rings. The Hall–Kier alpha value is -2.43. The molecule has 0 radical (unpaired) electrons. The van der Waals surface area contributed by atoms with Crippen LogP contribution in [0.15, 0.2) is 23.0 Å². The lowest BCUT2D eigenvalue weighted by Gasteiger charge is -2.22. The molecule has 1 unspecified atom stereocenters. The van der Waals surface area contributed by atoms with E-state index in [0.717, 1.165) is 46.2 Å². The maximum atomic E-state index is 13.1. The van der Waals surface area contributed by atoms with E-state index in [4.69, 9.17) is 12.2 Å². The fraction of sp³-hybridized carbons (Fsp3) is 0.364. The molecule has 0 spiro atoms. The Morgan fingerprint density at radius 1 is 1.28 bits per heavy atom. The van der Waals surface area contributed by atoms with Gasteiger partial charge in [-0.3, -0.25) is 23.9 Å². The molecule has 0 aliphatic carbocycles. The summed E-state index contributed by atoms with van der Waals surface area (Å²) < 4.78 is 2.30. The van der Waals surface area contributed by atoms with Crippen molar-refractivity contribution in [2.45, 2.75) is 39.8 Å². The summed E-state index contributed by atoms with van der Waals surface area (Å²) in [6, 6.07) is 6.55. The van der Waals surface area contributed by atoms with E-state index >= 15 is 0 Å². The zero-order valence-electron chi connectivity index (χ0n) is 18.0. The van der Waals surface area contributed by atoms with Crippen molar-refractivity contribution >= 4 is 68.2 Å². The van der Waals surface area contributed by atoms with Crippen molar-refractivity contribution in [1.29, 1.82) is 0 Å². The van der Waals surface area contributed by atoms with Crippen LogP contribution >= 0.6 is 35.3 Å². The Morgan fingerprint density at radius 2 is 2.03 bits per heavy atom. The predicted octanol–water partition coefficient (Wildman–Crippen LogP) is 1.58. The second-order valence-electron chi connectivity index (χ2n) is 7.67. The van der Waals surface area contributed by atoms with Crippen molar-refractivity contribution in [3.05, 3.63) is 48.9 Å². The van der Waals surface area contributed by atoms with Gasteiger partial charge in [-0.1, -0.05) is 30.0 Å². The number of anilines is 1. The number of amides is 1. The number of benzene rings is 1. The van der Waals surface area contributed by atoms with Crippen LogP contribution in [-0.4, -0.2) is 49.9 Å². The molecule has 4 rings (SSSR count). The molecule has 10 heteroatoms. The van der Waals surface area contributed by atoms with Crippen LogP contribution in [-0.2, 0) is 22.6 Å². The van der Waals surface area contributed by atoms with Crippen molar-refractivity contribution in [2.24, 2.45) is 0 Å². The molecule has 1 aromatic heterocycles. The molecule has 2 aliphatic heterocycles. The average Bonchev–Trinajstić information content (AvgIpc) is 3.32. The summed E-state index contributed by atoms with van der Waals surface area (Å²) in [5.41, 5.74) is 2.90. The van der Waals surface area contributed by atoms with Gasteiger partial charge in [0.25, 0.3) is 11.5 Å². The molecule has 7 nitrogen and oxygen atoms in total. The topological polar surface area (TPSA) is 82.9 Å². The van der Waals surface area contributed by atoms with E-state index in [1.165, 1.54) is 16.2 Å². The lowest BCUT2D eigenvalue weighted by Crippen LogP contribution is -2.35. The van der Waals surface area contributed by atoms with Crippen LogP contribution in [0.5, 0.6) is 0 Å². The number of thiazole rings is 1. The van der Waals surface area contributed by atoms with Gasteiger partial charge >= 0.3 is 5.97 Å². The number of carboxylic acids is 1. The highest BCUT2D eigenvalue weighted by Gasteiger charge is 2.33. The number of thioether (sulfide) groups is 1. The van der Waals surface area contributed by atoms with E-state index in [-0.39, 0.29) is 5.91 Å². The number of carbonyl (C=O) groups excluding carboxylic acids is 1. The summed E-state index contributed by atoms with van der Waals surface area (Å²) in [6.07, 6.45) is 2.71. The first-order valence-corrected chi connectivity index (χ1v) is 12.4. The summed E-state index contributed by atoms with van der Waals surface area (Å²) in [5.74, 6) is -1.43. The number of likely N-dealkylation sites (N-methyl/N-ethyl adjacent to an activating group) is 1. The Balaban J connectivity index is 1.87. The zero-order valence-corrected chi connectivity index (χ0v) is 20.4. The SMILES string of the molecule is CCN1C(=O)/C(=c2\s/c(=C/c3ccc4c(c3)CC(C)N4CC)c(=O)n2CC(=O)O)SC1=S. The number of hydrogen-bond acceptors (Lipinski definition) is 7. The molecule has 32 heavy (non-hydrogen) atoms. The lowest BCUT2D eigenvalue weighted by molar-refractivity contribution is -0.137. The van der Waals surface area contributed by atoms with Crippen LogP contribution in [0, 0.1) is 0 Å². The molecule has 168 valence electrons. The zero-order chi connectivity index (χ0) is 23.2. The Labute approximate surface area is 198 Å². The summed E-state index contributed by atoms with van der Waals surface area (Å²) in [6.45, 7) is 6.99. The van der Waals surface area contributed by atoms with Gasteiger partial charge in [-0.2, -0.15) is 0 Å². The maximum Gasteiger partial charge on any atom is 0.323 e. The highest BCUT2D eigenvalue weighted by atomic mass is 32.2. The molecular formula is C22H23N3O4S3. The third-order valence-electron chi connectivity index (χ3n) is 5.66. The third kappa shape index (κ3) is 3.91. The molecule has 1 aromatic carbocycles. The van der Waals surface area contributed by atoms with Crippen LogP contribution < -0.4 is 19.7 Å². The predicted molar refractivity (Wildman–Crippen MR) is 133 cm³/mol. The Morgan fingerprint density at radius 3 is 2.66 bits per heavy atom. The van der Waals surface area contributed by atoms with Crippen molar-refractivity contribution in [3.8, 4) is 0 Å². The first-order chi connectivity index (χ1) is 15.2. The third-order valence-corrected chi connectivity index (χ3v) is 8.36. The van der Waals surface area contributed by atoms with Crippen molar-refractivity contribution < 1.29 is 14.7 Å². The smallest absolute Gasteiger partial charge is 0.323 e. The standard InChI is InChI=1S/C22H23N3O4S3/c1-4-23-12(3)8-14-9-13(6-7-15(14)23)10-16-19(28)25(11-17(26)27)21(31-16)18-20(29)24(5-2)22(30)32-18/h6-7,9-10,12H,4-5,8,11H2,1-3H3,(H,26,27)/b16-10+,21-18+. The lowest BCUT2D eigenvalue weighted by atomic mass is 10.1. The van der Waals surface area contributed by atoms with Gasteiger partial charge in [-0.05, 0) is 56.5 Å². The van der Waals surface area contributed by atoms with E-state index in [0.29, 0.717) is 31.0 Å². The number of fused-ring (bicyclic) bond motifs is 1. The average molecular weight is 490 g/mol. The van der Waals surface area contributed by atoms with Gasteiger partial charge in [0.15, 0.2) is 0 Å². The van der Waals surface area contributed by atoms with E-state index in [2.05, 4.69) is 30.9 Å². The molecule has 0 saturated carbocycles. The van der Waals surface area contributed by atoms with E-state index < -0.39 is 18.1 Å². The van der Waals surface area contributed by atoms with Crippen LogP contribution in [0.1, 0.15) is 31.9 Å². The highest BCUT2D eigenvalue weighted by molar-refractivity contribution is 8.30. The minimum Gasteiger partial charge on any atom is -0.480 e. The van der Waals surface area contributed by atoms with E-state index in [1.54, 1.807) is 6.08 Å². The number of hydrogen-bond donors (Lipinski definition) is 1. The number of aromatic nitrogens is 1. The van der Waals surface area contributed by atoms with Gasteiger partial charge in [0.05, 0.1) is 4.53 Å². The van der Waals surface area contributed by atoms with Crippen LogP contribution in [0.2, 0.25) is 0 Å². The molecule has 1 atom stereocenters. The molecule has 3 heterocycles. The number of aliphatic carboxylic acids is 1. The van der Waals surface area contributed by atoms with E-state index in [1.807, 2.05) is 13.0 Å². The minimum absolute atomic E-state index is 0.291. The van der Waals surface area contributed by atoms with Gasteiger partial charge in [-0.25, -0.2) is 0 Å². The van der Waals surface area contributed by atoms with Crippen LogP contribution in [0.25, 0.3) is 11.0 Å². The molecule has 2 aliphatic rings. The van der Waals surface area contributed by atoms with Gasteiger partial charge in [0.1, 0.15) is 20.4 Å². The van der Waals surface area contributed by atoms with Crippen molar-refractivity contribution in [1.82, 2.24) is 9.47 Å². The summed E-state index contributed by atoms with van der Waals surface area (Å²) >= 11 is 7.53. The first-order valence-electron chi connectivity index (χ1n) is 10.4. The molecule has 1 N–H and O–H groups in total. The van der Waals surface area contributed by atoms with Crippen LogP contribution in [0.3, 0.4) is 0 Å². The normalized spacial score (nSPS) is 20.5. The highest BCUT2D eigenvalue weighted by Crippen LogP contribution is 2.33. The Kier molecular flexibility index (Phi) is 6.28. The van der Waals surface area contributed by atoms with Gasteiger partial charge in [-0.15, -0.1) is 11.3 Å². The molecular weight excluding hydrogens is 466 g/mol. The molecule has 2 aromatic rings. The molecule has 0 bridgehead atoms. The fourth-order valence-electron chi connectivity index (χ4n) is 4.20. The molecule has 1 amide bonds. The Bertz CT molecular complexity index is 1310. The van der Waals surface area contributed by atoms with Gasteiger partial charge in [0.2, 0.25) is 0 Å². The number of rotatable bonds is 5. The monoisotopic (exact) mass is 489 g/mol.